The lowest BCUT2D eigenvalue weighted by Gasteiger charge is -1.94. The van der Waals surface area contributed by atoms with Gasteiger partial charge in [0.1, 0.15) is 0 Å². The Morgan fingerprint density at radius 3 is 2.39 bits per heavy atom. The fourth-order valence-corrected chi connectivity index (χ4v) is 3.84. The van der Waals surface area contributed by atoms with E-state index in [0.717, 1.165) is 12.1 Å². The molecule has 3 heteroatoms. The molecule has 0 fully saturated rings. The van der Waals surface area contributed by atoms with Gasteiger partial charge in [0.05, 0.1) is 10.6 Å². The van der Waals surface area contributed by atoms with E-state index in [1.54, 1.807) is 0 Å². The van der Waals surface area contributed by atoms with Crippen molar-refractivity contribution >= 4 is 22.7 Å². The minimum absolute atomic E-state index is 1.06. The first-order chi connectivity index (χ1) is 8.86. The van der Waals surface area contributed by atoms with Gasteiger partial charge in [-0.05, 0) is 42.8 Å². The molecule has 0 amide bonds. The van der Waals surface area contributed by atoms with Crippen LogP contribution in [0.25, 0.3) is 20.3 Å². The fraction of sp³-hybridized carbons (Fsp3) is 0.133. The van der Waals surface area contributed by atoms with Crippen LogP contribution in [0.2, 0.25) is 0 Å². The molecular weight excluding hydrogens is 258 g/mol. The number of nitrogens with zero attached hydrogens (tertiary/aromatic N) is 1. The second-order valence-corrected chi connectivity index (χ2v) is 6.25. The number of hydrogen-bond acceptors (Lipinski definition) is 3. The van der Waals surface area contributed by atoms with Crippen LogP contribution >= 0.6 is 22.7 Å². The van der Waals surface area contributed by atoms with E-state index in [4.69, 9.17) is 0 Å². The number of rotatable bonds is 3. The Morgan fingerprint density at radius 1 is 0.889 bits per heavy atom. The summed E-state index contributed by atoms with van der Waals surface area (Å²) in [5.41, 5.74) is 1.06. The van der Waals surface area contributed by atoms with Gasteiger partial charge in [0.25, 0.3) is 0 Å². The SMILES string of the molecule is CCc1ccc(-c2ccc(-c3ccccn3)s2)s1. The zero-order chi connectivity index (χ0) is 12.4. The van der Waals surface area contributed by atoms with E-state index in [1.807, 2.05) is 41.0 Å². The lowest BCUT2D eigenvalue weighted by Crippen LogP contribution is -1.75. The van der Waals surface area contributed by atoms with Crippen molar-refractivity contribution in [2.75, 3.05) is 0 Å². The van der Waals surface area contributed by atoms with Gasteiger partial charge in [-0.25, -0.2) is 0 Å². The van der Waals surface area contributed by atoms with Gasteiger partial charge in [0, 0.05) is 20.8 Å². The smallest absolute Gasteiger partial charge is 0.0801 e. The van der Waals surface area contributed by atoms with Crippen LogP contribution in [0.5, 0.6) is 0 Å². The van der Waals surface area contributed by atoms with Crippen LogP contribution in [0.4, 0.5) is 0 Å². The molecule has 0 bridgehead atoms. The Labute approximate surface area is 115 Å². The predicted octanol–water partition coefficient (Wildman–Crippen LogP) is 5.10. The molecular formula is C15H13NS2. The van der Waals surface area contributed by atoms with E-state index in [-0.39, 0.29) is 0 Å². The molecule has 3 aromatic rings. The molecule has 1 nitrogen and oxygen atoms in total. The van der Waals surface area contributed by atoms with Crippen molar-refractivity contribution in [1.29, 1.82) is 0 Å². The normalized spacial score (nSPS) is 10.7. The number of hydrogen-bond donors (Lipinski definition) is 0. The average molecular weight is 271 g/mol. The summed E-state index contributed by atoms with van der Waals surface area (Å²) in [6, 6.07) is 14.8. The predicted molar refractivity (Wildman–Crippen MR) is 80.2 cm³/mol. The Kier molecular flexibility index (Phi) is 3.26. The van der Waals surface area contributed by atoms with E-state index < -0.39 is 0 Å². The Balaban J connectivity index is 1.94. The third-order valence-corrected chi connectivity index (χ3v) is 5.31. The molecule has 18 heavy (non-hydrogen) atoms. The van der Waals surface area contributed by atoms with Gasteiger partial charge in [-0.1, -0.05) is 13.0 Å². The van der Waals surface area contributed by atoms with Gasteiger partial charge in [0.2, 0.25) is 0 Å². The highest BCUT2D eigenvalue weighted by atomic mass is 32.1. The van der Waals surface area contributed by atoms with Gasteiger partial charge >= 0.3 is 0 Å². The Hall–Kier alpha value is -1.45. The fourth-order valence-electron chi connectivity index (χ4n) is 1.82. The van der Waals surface area contributed by atoms with E-state index >= 15 is 0 Å². The van der Waals surface area contributed by atoms with Gasteiger partial charge in [-0.3, -0.25) is 4.98 Å². The second kappa shape index (κ2) is 5.04. The first kappa shape index (κ1) is 11.6. The number of aromatic nitrogens is 1. The molecule has 3 aromatic heterocycles. The second-order valence-electron chi connectivity index (χ2n) is 4.00. The molecule has 0 aromatic carbocycles. The van der Waals surface area contributed by atoms with Crippen LogP contribution in [0.1, 0.15) is 11.8 Å². The van der Waals surface area contributed by atoms with Gasteiger partial charge in [-0.15, -0.1) is 22.7 Å². The quantitative estimate of drug-likeness (QED) is 0.645. The maximum atomic E-state index is 4.39. The summed E-state index contributed by atoms with van der Waals surface area (Å²) in [4.78, 5) is 9.76. The topological polar surface area (TPSA) is 12.9 Å². The van der Waals surface area contributed by atoms with E-state index in [2.05, 4.69) is 42.2 Å². The monoisotopic (exact) mass is 271 g/mol. The standard InChI is InChI=1S/C15H13NS2/c1-2-11-6-7-14(17-11)15-9-8-13(18-15)12-5-3-4-10-16-12/h3-10H,2H2,1H3. The average Bonchev–Trinajstić information content (AvgIpc) is 3.08. The minimum atomic E-state index is 1.06. The molecule has 0 N–H and O–H groups in total. The third-order valence-electron chi connectivity index (χ3n) is 2.78. The maximum Gasteiger partial charge on any atom is 0.0801 e. The van der Waals surface area contributed by atoms with Crippen molar-refractivity contribution in [1.82, 2.24) is 4.98 Å². The largest absolute Gasteiger partial charge is 0.255 e. The maximum absolute atomic E-state index is 4.39. The summed E-state index contributed by atoms with van der Waals surface area (Å²) in [6.45, 7) is 2.20. The van der Waals surface area contributed by atoms with Crippen molar-refractivity contribution in [3.05, 3.63) is 53.5 Å². The van der Waals surface area contributed by atoms with Crippen LogP contribution < -0.4 is 0 Å². The molecule has 0 aliphatic carbocycles. The highest BCUT2D eigenvalue weighted by Crippen LogP contribution is 2.37. The highest BCUT2D eigenvalue weighted by Gasteiger charge is 2.07. The van der Waals surface area contributed by atoms with Crippen molar-refractivity contribution in [2.45, 2.75) is 13.3 Å². The lowest BCUT2D eigenvalue weighted by molar-refractivity contribution is 1.19. The van der Waals surface area contributed by atoms with Crippen molar-refractivity contribution in [3.63, 3.8) is 0 Å². The molecule has 3 rings (SSSR count). The molecule has 3 heterocycles. The van der Waals surface area contributed by atoms with E-state index in [1.165, 1.54) is 19.5 Å². The summed E-state index contributed by atoms with van der Waals surface area (Å²) < 4.78 is 0. The minimum Gasteiger partial charge on any atom is -0.255 e. The zero-order valence-corrected chi connectivity index (χ0v) is 11.7. The van der Waals surface area contributed by atoms with Crippen LogP contribution in [0.3, 0.4) is 0 Å². The van der Waals surface area contributed by atoms with Crippen LogP contribution in [0.15, 0.2) is 48.7 Å². The molecule has 0 aliphatic heterocycles. The molecule has 0 aliphatic rings. The number of thiophene rings is 2. The molecule has 0 saturated heterocycles. The molecule has 0 atom stereocenters. The molecule has 0 saturated carbocycles. The number of aryl methyl sites for hydroxylation is 1. The lowest BCUT2D eigenvalue weighted by atomic mass is 10.3. The van der Waals surface area contributed by atoms with Gasteiger partial charge < -0.3 is 0 Å². The van der Waals surface area contributed by atoms with Crippen LogP contribution in [-0.4, -0.2) is 4.98 Å². The number of pyridine rings is 1. The molecule has 0 spiro atoms. The third kappa shape index (κ3) is 2.24. The summed E-state index contributed by atoms with van der Waals surface area (Å²) in [5.74, 6) is 0. The van der Waals surface area contributed by atoms with E-state index in [0.29, 0.717) is 0 Å². The Morgan fingerprint density at radius 2 is 1.67 bits per heavy atom. The summed E-state index contributed by atoms with van der Waals surface area (Å²) in [5, 5.41) is 0. The van der Waals surface area contributed by atoms with Crippen LogP contribution in [0, 0.1) is 0 Å². The van der Waals surface area contributed by atoms with Crippen molar-refractivity contribution < 1.29 is 0 Å². The first-order valence-corrected chi connectivity index (χ1v) is 7.60. The summed E-state index contributed by atoms with van der Waals surface area (Å²) in [7, 11) is 0. The molecule has 0 radical (unpaired) electrons. The van der Waals surface area contributed by atoms with Crippen molar-refractivity contribution in [2.24, 2.45) is 0 Å². The zero-order valence-electron chi connectivity index (χ0n) is 10.1. The summed E-state index contributed by atoms with van der Waals surface area (Å²) in [6.07, 6.45) is 2.96. The Bertz CT molecular complexity index is 637. The molecule has 90 valence electrons. The summed E-state index contributed by atoms with van der Waals surface area (Å²) >= 11 is 3.70. The van der Waals surface area contributed by atoms with E-state index in [9.17, 15) is 0 Å². The van der Waals surface area contributed by atoms with Crippen molar-refractivity contribution in [3.8, 4) is 20.3 Å². The highest BCUT2D eigenvalue weighted by molar-refractivity contribution is 7.23. The van der Waals surface area contributed by atoms with Gasteiger partial charge in [0.15, 0.2) is 0 Å². The molecule has 0 unspecified atom stereocenters. The first-order valence-electron chi connectivity index (χ1n) is 5.97. The van der Waals surface area contributed by atoms with Crippen LogP contribution in [-0.2, 0) is 6.42 Å². The van der Waals surface area contributed by atoms with Gasteiger partial charge in [-0.2, -0.15) is 0 Å².